The summed E-state index contributed by atoms with van der Waals surface area (Å²) in [7, 11) is 0. The Labute approximate surface area is 267 Å². The molecular weight excluding hydrogens is 550 g/mol. The molecule has 0 aromatic heterocycles. The average molecular weight is 610 g/mol. The van der Waals surface area contributed by atoms with Gasteiger partial charge in [-0.15, -0.1) is 0 Å². The summed E-state index contributed by atoms with van der Waals surface area (Å²) in [5.41, 5.74) is 0. The normalized spacial score (nSPS) is 13.1. The summed E-state index contributed by atoms with van der Waals surface area (Å²) in [4.78, 5) is 34.7. The smallest absolute Gasteiger partial charge is 0.322 e. The zero-order valence-corrected chi connectivity index (χ0v) is 27.5. The molecule has 0 aromatic carbocycles. The largest absolute Gasteiger partial charge is 0.480 e. The molecule has 2 N–H and O–H groups in total. The van der Waals surface area contributed by atoms with Gasteiger partial charge in [0, 0.05) is 6.42 Å². The summed E-state index contributed by atoms with van der Waals surface area (Å²) in [6, 6.07) is 0. The van der Waals surface area contributed by atoms with Gasteiger partial charge >= 0.3 is 11.9 Å². The molecule has 1 atom stereocenters. The minimum atomic E-state index is -1.04. The number of aliphatic carboxylic acids is 1. The third-order valence-corrected chi connectivity index (χ3v) is 6.57. The first-order chi connectivity index (χ1) is 21.5. The molecular formula is C38H59NO5. The molecule has 0 saturated carbocycles. The topological polar surface area (TPSA) is 92.7 Å². The van der Waals surface area contributed by atoms with Crippen LogP contribution in [0.3, 0.4) is 0 Å². The lowest BCUT2D eigenvalue weighted by atomic mass is 10.1. The maximum Gasteiger partial charge on any atom is 0.322 e. The highest BCUT2D eigenvalue weighted by atomic mass is 16.5. The second-order valence-electron chi connectivity index (χ2n) is 10.7. The number of ether oxygens (including phenoxy) is 1. The van der Waals surface area contributed by atoms with E-state index < -0.39 is 5.97 Å². The monoisotopic (exact) mass is 609 g/mol. The Kier molecular flexibility index (Phi) is 30.0. The highest BCUT2D eigenvalue weighted by Gasteiger charge is 2.10. The van der Waals surface area contributed by atoms with E-state index >= 15 is 0 Å². The molecule has 0 fully saturated rings. The van der Waals surface area contributed by atoms with E-state index in [2.05, 4.69) is 86.0 Å². The Hall–Kier alpha value is -3.41. The van der Waals surface area contributed by atoms with Crippen molar-refractivity contribution in [3.63, 3.8) is 0 Å². The van der Waals surface area contributed by atoms with Gasteiger partial charge in [-0.3, -0.25) is 14.4 Å². The molecule has 1 amide bonds. The number of carbonyl (C=O) groups is 3. The third kappa shape index (κ3) is 31.5. The van der Waals surface area contributed by atoms with Gasteiger partial charge < -0.3 is 15.2 Å². The van der Waals surface area contributed by atoms with Gasteiger partial charge in [0.2, 0.25) is 5.91 Å². The summed E-state index contributed by atoms with van der Waals surface area (Å²) in [5.74, 6) is -1.51. The van der Waals surface area contributed by atoms with Crippen LogP contribution in [-0.2, 0) is 19.1 Å². The Morgan fingerprint density at radius 2 is 1.23 bits per heavy atom. The van der Waals surface area contributed by atoms with Gasteiger partial charge in [0.25, 0.3) is 0 Å². The van der Waals surface area contributed by atoms with Gasteiger partial charge in [-0.05, 0) is 76.7 Å². The van der Waals surface area contributed by atoms with Crippen LogP contribution in [0.15, 0.2) is 85.1 Å². The molecule has 0 aliphatic carbocycles. The summed E-state index contributed by atoms with van der Waals surface area (Å²) >= 11 is 0. The quantitative estimate of drug-likeness (QED) is 0.0523. The lowest BCUT2D eigenvalue weighted by Gasteiger charge is -2.14. The number of allylic oxidation sites excluding steroid dienone is 12. The summed E-state index contributed by atoms with van der Waals surface area (Å²) < 4.78 is 5.77. The number of carboxylic acid groups (broad SMARTS) is 1. The van der Waals surface area contributed by atoms with Gasteiger partial charge in [0.1, 0.15) is 12.6 Å². The van der Waals surface area contributed by atoms with Crippen LogP contribution in [-0.4, -0.2) is 35.6 Å². The van der Waals surface area contributed by atoms with Crippen LogP contribution in [0.25, 0.3) is 0 Å². The molecule has 6 nitrogen and oxygen atoms in total. The molecule has 246 valence electrons. The van der Waals surface area contributed by atoms with Crippen molar-refractivity contribution in [2.24, 2.45) is 0 Å². The highest BCUT2D eigenvalue weighted by molar-refractivity contribution is 5.80. The van der Waals surface area contributed by atoms with Crippen molar-refractivity contribution in [3.05, 3.63) is 85.1 Å². The van der Waals surface area contributed by atoms with Gasteiger partial charge in [-0.1, -0.05) is 119 Å². The molecule has 0 aliphatic rings. The van der Waals surface area contributed by atoms with E-state index in [-0.39, 0.29) is 30.9 Å². The zero-order chi connectivity index (χ0) is 32.4. The van der Waals surface area contributed by atoms with E-state index in [0.717, 1.165) is 70.6 Å². The van der Waals surface area contributed by atoms with Gasteiger partial charge in [-0.25, -0.2) is 0 Å². The molecule has 0 heterocycles. The Morgan fingerprint density at radius 1 is 0.659 bits per heavy atom. The van der Waals surface area contributed by atoms with E-state index in [1.165, 1.54) is 19.3 Å². The molecule has 1 unspecified atom stereocenters. The summed E-state index contributed by atoms with van der Waals surface area (Å²) in [6.45, 7) is 4.00. The number of esters is 1. The van der Waals surface area contributed by atoms with Gasteiger partial charge in [0.15, 0.2) is 0 Å². The van der Waals surface area contributed by atoms with Crippen LogP contribution >= 0.6 is 0 Å². The van der Waals surface area contributed by atoms with Crippen LogP contribution in [0.1, 0.15) is 123 Å². The standard InChI is InChI=1S/C38H59NO5/c1-3-5-7-9-11-13-14-15-16-17-18-19-21-23-29-33-38(43)44-35(30-26-22-20-12-10-8-6-4-2)31-27-24-25-28-32-36(40)39-34-37(41)42/h5,7,11-13,15-16,18-20,23,26,29-30,35H,3-4,6,8-10,14,17,21-22,24-25,27-28,31-34H2,1-2H3,(H,39,40)(H,41,42)/b7-5-,13-11-,16-15-,19-18-,20-12-,29-23-,30-26-. The lowest BCUT2D eigenvalue weighted by molar-refractivity contribution is -0.146. The minimum absolute atomic E-state index is 0.230. The number of carboxylic acids is 1. The van der Waals surface area contributed by atoms with Gasteiger partial charge in [0.05, 0.1) is 6.42 Å². The number of hydrogen-bond acceptors (Lipinski definition) is 4. The van der Waals surface area contributed by atoms with Gasteiger partial charge in [-0.2, -0.15) is 0 Å². The molecule has 6 heteroatoms. The highest BCUT2D eigenvalue weighted by Crippen LogP contribution is 2.13. The second-order valence-corrected chi connectivity index (χ2v) is 10.7. The Morgan fingerprint density at radius 3 is 1.84 bits per heavy atom. The first kappa shape index (κ1) is 40.6. The van der Waals surface area contributed by atoms with Crippen molar-refractivity contribution in [1.29, 1.82) is 0 Å². The van der Waals surface area contributed by atoms with Crippen molar-refractivity contribution in [2.75, 3.05) is 6.54 Å². The number of hydrogen-bond donors (Lipinski definition) is 2. The van der Waals surface area contributed by atoms with Crippen molar-refractivity contribution in [1.82, 2.24) is 5.32 Å². The van der Waals surface area contributed by atoms with Crippen molar-refractivity contribution in [3.8, 4) is 0 Å². The first-order valence-electron chi connectivity index (χ1n) is 16.7. The van der Waals surface area contributed by atoms with Crippen molar-refractivity contribution in [2.45, 2.75) is 129 Å². The van der Waals surface area contributed by atoms with E-state index in [4.69, 9.17) is 9.84 Å². The van der Waals surface area contributed by atoms with Crippen LogP contribution in [0, 0.1) is 0 Å². The Balaban J connectivity index is 4.44. The zero-order valence-electron chi connectivity index (χ0n) is 27.5. The molecule has 0 bridgehead atoms. The van der Waals surface area contributed by atoms with E-state index in [9.17, 15) is 14.4 Å². The summed E-state index contributed by atoms with van der Waals surface area (Å²) in [6.07, 6.45) is 44.4. The predicted molar refractivity (Wildman–Crippen MR) is 184 cm³/mol. The SMILES string of the molecule is CC/C=C\C/C=C\C/C=C\C/C=C\C/C=C\CC(=O)OC(/C=C\C/C=C\CCCCC)CCCCCCC(=O)NCC(=O)O. The van der Waals surface area contributed by atoms with E-state index in [1.54, 1.807) is 0 Å². The van der Waals surface area contributed by atoms with Crippen LogP contribution < -0.4 is 5.32 Å². The lowest BCUT2D eigenvalue weighted by Crippen LogP contribution is -2.28. The van der Waals surface area contributed by atoms with Crippen molar-refractivity contribution >= 4 is 17.8 Å². The first-order valence-corrected chi connectivity index (χ1v) is 16.7. The maximum atomic E-state index is 12.5. The number of carbonyl (C=O) groups excluding carboxylic acids is 2. The third-order valence-electron chi connectivity index (χ3n) is 6.57. The molecule has 0 radical (unpaired) electrons. The molecule has 44 heavy (non-hydrogen) atoms. The molecule has 0 saturated heterocycles. The molecule has 0 aliphatic heterocycles. The van der Waals surface area contributed by atoms with Crippen LogP contribution in [0.5, 0.6) is 0 Å². The number of amides is 1. The average Bonchev–Trinajstić information content (AvgIpc) is 3.00. The fourth-order valence-electron chi connectivity index (χ4n) is 4.12. The van der Waals surface area contributed by atoms with E-state index in [0.29, 0.717) is 12.8 Å². The maximum absolute atomic E-state index is 12.5. The summed E-state index contributed by atoms with van der Waals surface area (Å²) in [5, 5.41) is 11.0. The number of rotatable bonds is 28. The van der Waals surface area contributed by atoms with Crippen molar-refractivity contribution < 1.29 is 24.2 Å². The predicted octanol–water partition coefficient (Wildman–Crippen LogP) is 9.66. The minimum Gasteiger partial charge on any atom is -0.480 e. The number of unbranched alkanes of at least 4 members (excludes halogenated alkanes) is 6. The fourth-order valence-corrected chi connectivity index (χ4v) is 4.12. The molecule has 0 aromatic rings. The van der Waals surface area contributed by atoms with Crippen LogP contribution in [0.2, 0.25) is 0 Å². The number of nitrogens with one attached hydrogen (secondary N) is 1. The fraction of sp³-hybridized carbons (Fsp3) is 0.553. The van der Waals surface area contributed by atoms with E-state index in [1.807, 2.05) is 18.2 Å². The molecule has 0 rings (SSSR count). The second kappa shape index (κ2) is 32.5. The Bertz CT molecular complexity index is 939. The van der Waals surface area contributed by atoms with Crippen LogP contribution in [0.4, 0.5) is 0 Å². The molecule has 0 spiro atoms.